The van der Waals surface area contributed by atoms with Crippen LogP contribution in [0.15, 0.2) is 60.8 Å². The van der Waals surface area contributed by atoms with Crippen LogP contribution in [0.1, 0.15) is 25.0 Å². The Bertz CT molecular complexity index is 1130. The van der Waals surface area contributed by atoms with Gasteiger partial charge in [0.1, 0.15) is 12.1 Å². The zero-order chi connectivity index (χ0) is 24.7. The molecule has 3 aromatic rings. The summed E-state index contributed by atoms with van der Waals surface area (Å²) in [7, 11) is 1.28. The summed E-state index contributed by atoms with van der Waals surface area (Å²) in [4.78, 5) is 41.7. The summed E-state index contributed by atoms with van der Waals surface area (Å²) >= 11 is 0. The maximum atomic E-state index is 13.3. The summed E-state index contributed by atoms with van der Waals surface area (Å²) in [6.45, 7) is 3.64. The first-order valence-corrected chi connectivity index (χ1v) is 11.4. The van der Waals surface area contributed by atoms with Crippen molar-refractivity contribution in [2.75, 3.05) is 7.11 Å². The van der Waals surface area contributed by atoms with Gasteiger partial charge in [0.05, 0.1) is 7.11 Å². The first kappa shape index (κ1) is 25.0. The Labute approximate surface area is 199 Å². The van der Waals surface area contributed by atoms with Gasteiger partial charge in [0.25, 0.3) is 5.91 Å². The van der Waals surface area contributed by atoms with Gasteiger partial charge in [0, 0.05) is 29.9 Å². The summed E-state index contributed by atoms with van der Waals surface area (Å²) in [6.07, 6.45) is 2.54. The quantitative estimate of drug-likeness (QED) is 0.337. The van der Waals surface area contributed by atoms with Gasteiger partial charge in [-0.25, -0.2) is 4.79 Å². The molecule has 0 saturated carbocycles. The standard InChI is InChI=1S/C26H32N4O4/c1-16(2)23(26(33)34-3)30-25(32)22(14-18-15-28-21-12-8-7-11-19(18)21)29-24(31)20(27)13-17-9-5-4-6-10-17/h4-12,15-16,20,22-23,28H,13-14,27H2,1-3H3,(H,29,31)(H,30,32)/p+1/t20-,22-,23+/m1/s1. The molecule has 0 bridgehead atoms. The van der Waals surface area contributed by atoms with Crippen LogP contribution < -0.4 is 16.4 Å². The van der Waals surface area contributed by atoms with Crippen LogP contribution in [0.4, 0.5) is 0 Å². The lowest BCUT2D eigenvalue weighted by Gasteiger charge is -2.24. The number of ether oxygens (including phenoxy) is 1. The molecule has 0 aliphatic heterocycles. The number of carbonyl (C=O) groups excluding carboxylic acids is 3. The molecular formula is C26H33N4O4+. The third-order valence-corrected chi connectivity index (χ3v) is 5.85. The van der Waals surface area contributed by atoms with Crippen LogP contribution in [0.3, 0.4) is 0 Å². The van der Waals surface area contributed by atoms with E-state index < -0.39 is 30.0 Å². The van der Waals surface area contributed by atoms with Crippen molar-refractivity contribution in [3.63, 3.8) is 0 Å². The van der Waals surface area contributed by atoms with Gasteiger partial charge >= 0.3 is 5.97 Å². The number of aromatic amines is 1. The monoisotopic (exact) mass is 465 g/mol. The van der Waals surface area contributed by atoms with Crippen LogP contribution in [0.2, 0.25) is 0 Å². The molecule has 8 heteroatoms. The van der Waals surface area contributed by atoms with Gasteiger partial charge in [-0.1, -0.05) is 62.4 Å². The zero-order valence-corrected chi connectivity index (χ0v) is 19.8. The highest BCUT2D eigenvalue weighted by Gasteiger charge is 2.31. The second kappa shape index (κ2) is 11.5. The molecule has 0 spiro atoms. The summed E-state index contributed by atoms with van der Waals surface area (Å²) in [5.41, 5.74) is 6.82. The molecule has 0 fully saturated rings. The molecule has 8 nitrogen and oxygen atoms in total. The van der Waals surface area contributed by atoms with Crippen molar-refractivity contribution >= 4 is 28.7 Å². The highest BCUT2D eigenvalue weighted by atomic mass is 16.5. The smallest absolute Gasteiger partial charge is 0.328 e. The fourth-order valence-corrected chi connectivity index (χ4v) is 3.89. The third-order valence-electron chi connectivity index (χ3n) is 5.85. The summed E-state index contributed by atoms with van der Waals surface area (Å²) in [6, 6.07) is 15.1. The van der Waals surface area contributed by atoms with E-state index in [0.29, 0.717) is 6.42 Å². The predicted molar refractivity (Wildman–Crippen MR) is 130 cm³/mol. The Hall–Kier alpha value is -3.65. The lowest BCUT2D eigenvalue weighted by atomic mass is 10.0. The Balaban J connectivity index is 1.81. The molecule has 3 rings (SSSR count). The van der Waals surface area contributed by atoms with Gasteiger partial charge in [-0.15, -0.1) is 0 Å². The number of hydrogen-bond acceptors (Lipinski definition) is 4. The molecule has 34 heavy (non-hydrogen) atoms. The molecule has 0 aliphatic carbocycles. The summed E-state index contributed by atoms with van der Waals surface area (Å²) in [5.74, 6) is -1.49. The summed E-state index contributed by atoms with van der Waals surface area (Å²) < 4.78 is 4.85. The molecule has 180 valence electrons. The van der Waals surface area contributed by atoms with E-state index in [0.717, 1.165) is 22.0 Å². The zero-order valence-electron chi connectivity index (χ0n) is 19.8. The predicted octanol–water partition coefficient (Wildman–Crippen LogP) is 1.36. The second-order valence-corrected chi connectivity index (χ2v) is 8.76. The largest absolute Gasteiger partial charge is 0.467 e. The normalized spacial score (nSPS) is 13.8. The fraction of sp³-hybridized carbons (Fsp3) is 0.346. The molecule has 2 amide bonds. The minimum Gasteiger partial charge on any atom is -0.467 e. The highest BCUT2D eigenvalue weighted by Crippen LogP contribution is 2.19. The molecule has 1 aromatic heterocycles. The molecule has 3 atom stereocenters. The molecular weight excluding hydrogens is 432 g/mol. The minimum absolute atomic E-state index is 0.181. The van der Waals surface area contributed by atoms with E-state index in [4.69, 9.17) is 4.74 Å². The third kappa shape index (κ3) is 6.23. The van der Waals surface area contributed by atoms with Crippen LogP contribution >= 0.6 is 0 Å². The maximum absolute atomic E-state index is 13.3. The Morgan fingerprint density at radius 2 is 1.62 bits per heavy atom. The average molecular weight is 466 g/mol. The van der Waals surface area contributed by atoms with Crippen LogP contribution in [-0.2, 0) is 32.0 Å². The first-order chi connectivity index (χ1) is 16.3. The van der Waals surface area contributed by atoms with Gasteiger partial charge in [-0.3, -0.25) is 9.59 Å². The molecule has 0 aliphatic rings. The number of H-pyrrole nitrogens is 1. The number of quaternary nitrogens is 1. The topological polar surface area (TPSA) is 128 Å². The maximum Gasteiger partial charge on any atom is 0.328 e. The molecule has 6 N–H and O–H groups in total. The number of hydrogen-bond donors (Lipinski definition) is 4. The van der Waals surface area contributed by atoms with Crippen molar-refractivity contribution in [1.29, 1.82) is 0 Å². The van der Waals surface area contributed by atoms with Gasteiger partial charge < -0.3 is 26.1 Å². The van der Waals surface area contributed by atoms with E-state index in [1.54, 1.807) is 0 Å². The number of nitrogens with one attached hydrogen (secondary N) is 3. The molecule has 0 radical (unpaired) electrons. The van der Waals surface area contributed by atoms with Crippen LogP contribution in [0.5, 0.6) is 0 Å². The molecule has 0 saturated heterocycles. The number of rotatable bonds is 10. The number of aromatic nitrogens is 1. The van der Waals surface area contributed by atoms with Crippen molar-refractivity contribution in [3.05, 3.63) is 71.9 Å². The Kier molecular flexibility index (Phi) is 8.43. The van der Waals surface area contributed by atoms with Crippen LogP contribution in [0.25, 0.3) is 10.9 Å². The van der Waals surface area contributed by atoms with Crippen molar-refractivity contribution in [2.45, 2.75) is 44.8 Å². The van der Waals surface area contributed by atoms with Crippen LogP contribution in [-0.4, -0.2) is 48.0 Å². The SMILES string of the molecule is COC(=O)[C@@H](NC(=O)[C@@H](Cc1c[nH]c2ccccc12)NC(=O)[C@H]([NH3+])Cc1ccccc1)C(C)C. The number of para-hydroxylation sites is 1. The second-order valence-electron chi connectivity index (χ2n) is 8.76. The molecule has 0 unspecified atom stereocenters. The number of methoxy groups -OCH3 is 1. The number of amides is 2. The first-order valence-electron chi connectivity index (χ1n) is 11.4. The number of benzene rings is 2. The van der Waals surface area contributed by atoms with Gasteiger partial charge in [0.15, 0.2) is 6.04 Å². The van der Waals surface area contributed by atoms with Crippen molar-refractivity contribution < 1.29 is 24.9 Å². The lowest BCUT2D eigenvalue weighted by Crippen LogP contribution is -2.70. The average Bonchev–Trinajstić information content (AvgIpc) is 3.24. The van der Waals surface area contributed by atoms with E-state index >= 15 is 0 Å². The minimum atomic E-state index is -0.891. The molecule has 1 heterocycles. The van der Waals surface area contributed by atoms with E-state index in [9.17, 15) is 14.4 Å². The Morgan fingerprint density at radius 1 is 0.941 bits per heavy atom. The number of esters is 1. The lowest BCUT2D eigenvalue weighted by molar-refractivity contribution is -0.403. The van der Waals surface area contributed by atoms with Crippen LogP contribution in [0, 0.1) is 5.92 Å². The van der Waals surface area contributed by atoms with E-state index in [1.165, 1.54) is 7.11 Å². The fourth-order valence-electron chi connectivity index (χ4n) is 3.89. The van der Waals surface area contributed by atoms with Gasteiger partial charge in [-0.2, -0.15) is 0 Å². The van der Waals surface area contributed by atoms with Crippen molar-refractivity contribution in [1.82, 2.24) is 15.6 Å². The Morgan fingerprint density at radius 3 is 2.29 bits per heavy atom. The molecule has 2 aromatic carbocycles. The number of carbonyl (C=O) groups is 3. The summed E-state index contributed by atoms with van der Waals surface area (Å²) in [5, 5.41) is 6.60. The highest BCUT2D eigenvalue weighted by molar-refractivity contribution is 5.93. The van der Waals surface area contributed by atoms with Gasteiger partial charge in [-0.05, 0) is 23.1 Å². The van der Waals surface area contributed by atoms with Crippen molar-refractivity contribution in [3.8, 4) is 0 Å². The van der Waals surface area contributed by atoms with E-state index in [-0.39, 0.29) is 18.2 Å². The number of fused-ring (bicyclic) bond motifs is 1. The van der Waals surface area contributed by atoms with E-state index in [1.807, 2.05) is 74.6 Å². The van der Waals surface area contributed by atoms with Crippen molar-refractivity contribution in [2.24, 2.45) is 5.92 Å². The van der Waals surface area contributed by atoms with Gasteiger partial charge in [0.2, 0.25) is 5.91 Å². The van der Waals surface area contributed by atoms with E-state index in [2.05, 4.69) is 21.4 Å².